The lowest BCUT2D eigenvalue weighted by atomic mass is 9.79. The van der Waals surface area contributed by atoms with Crippen LogP contribution in [0.15, 0.2) is 0 Å². The fourth-order valence-electron chi connectivity index (χ4n) is 2.23. The van der Waals surface area contributed by atoms with Crippen LogP contribution in [0.2, 0.25) is 0 Å². The third kappa shape index (κ3) is 5.16. The lowest BCUT2D eigenvalue weighted by molar-refractivity contribution is 0.0277. The maximum atomic E-state index is 13.3. The standard InChI is InChI=1S/C13H20F2/c1-12(2,3)9-11-7-5-4-6-8-13(14,15)10-11/h11H,4-5,7,9-10H2,1-3H3. The van der Waals surface area contributed by atoms with Gasteiger partial charge in [0, 0.05) is 12.8 Å². The minimum absolute atomic E-state index is 0.0583. The average molecular weight is 214 g/mol. The predicted octanol–water partition coefficient (Wildman–Crippen LogP) is 4.25. The third-order valence-electron chi connectivity index (χ3n) is 2.63. The first-order chi connectivity index (χ1) is 6.79. The molecule has 1 atom stereocenters. The van der Waals surface area contributed by atoms with Crippen LogP contribution in [0.1, 0.15) is 52.9 Å². The van der Waals surface area contributed by atoms with Crippen LogP contribution in [0, 0.1) is 23.2 Å². The van der Waals surface area contributed by atoms with Crippen molar-refractivity contribution in [3.63, 3.8) is 0 Å². The molecule has 0 bridgehead atoms. The molecule has 0 spiro atoms. The van der Waals surface area contributed by atoms with E-state index in [0.717, 1.165) is 19.3 Å². The average Bonchev–Trinajstić information content (AvgIpc) is 1.96. The van der Waals surface area contributed by atoms with Crippen LogP contribution in [0.4, 0.5) is 8.78 Å². The molecule has 0 nitrogen and oxygen atoms in total. The van der Waals surface area contributed by atoms with Gasteiger partial charge in [-0.05, 0) is 36.5 Å². The molecular weight excluding hydrogens is 194 g/mol. The minimum Gasteiger partial charge on any atom is -0.192 e. The Balaban J connectivity index is 2.64. The van der Waals surface area contributed by atoms with Crippen LogP contribution in [-0.2, 0) is 0 Å². The van der Waals surface area contributed by atoms with Gasteiger partial charge in [-0.25, -0.2) is 0 Å². The predicted molar refractivity (Wildman–Crippen MR) is 58.8 cm³/mol. The molecule has 0 fully saturated rings. The molecule has 0 N–H and O–H groups in total. The van der Waals surface area contributed by atoms with Crippen molar-refractivity contribution >= 4 is 0 Å². The number of hydrogen-bond donors (Lipinski definition) is 0. The molecule has 0 aromatic rings. The smallest absolute Gasteiger partial charge is 0.192 e. The van der Waals surface area contributed by atoms with Gasteiger partial charge in [0.1, 0.15) is 0 Å². The van der Waals surface area contributed by atoms with E-state index in [2.05, 4.69) is 32.6 Å². The van der Waals surface area contributed by atoms with E-state index in [1.54, 1.807) is 0 Å². The van der Waals surface area contributed by atoms with Crippen LogP contribution in [-0.4, -0.2) is 5.92 Å². The monoisotopic (exact) mass is 214 g/mol. The summed E-state index contributed by atoms with van der Waals surface area (Å²) in [5.41, 5.74) is 0.132. The molecule has 0 aliphatic heterocycles. The highest BCUT2D eigenvalue weighted by Gasteiger charge is 2.32. The van der Waals surface area contributed by atoms with Gasteiger partial charge in [0.2, 0.25) is 0 Å². The Morgan fingerprint density at radius 3 is 2.60 bits per heavy atom. The van der Waals surface area contributed by atoms with Crippen molar-refractivity contribution in [3.05, 3.63) is 0 Å². The van der Waals surface area contributed by atoms with Gasteiger partial charge in [-0.1, -0.05) is 26.7 Å². The third-order valence-corrected chi connectivity index (χ3v) is 2.63. The van der Waals surface area contributed by atoms with Crippen molar-refractivity contribution in [2.24, 2.45) is 11.3 Å². The summed E-state index contributed by atoms with van der Waals surface area (Å²) in [6, 6.07) is 0. The van der Waals surface area contributed by atoms with Crippen molar-refractivity contribution in [3.8, 4) is 11.8 Å². The second kappa shape index (κ2) is 4.51. The van der Waals surface area contributed by atoms with E-state index in [1.807, 2.05) is 0 Å². The summed E-state index contributed by atoms with van der Waals surface area (Å²) >= 11 is 0. The van der Waals surface area contributed by atoms with Crippen LogP contribution < -0.4 is 0 Å². The first-order valence-corrected chi connectivity index (χ1v) is 5.66. The summed E-state index contributed by atoms with van der Waals surface area (Å²) in [6.07, 6.45) is 3.28. The summed E-state index contributed by atoms with van der Waals surface area (Å²) < 4.78 is 26.6. The fourth-order valence-corrected chi connectivity index (χ4v) is 2.23. The minimum atomic E-state index is -2.77. The van der Waals surface area contributed by atoms with Gasteiger partial charge in [0.15, 0.2) is 0 Å². The number of alkyl halides is 2. The molecule has 0 saturated heterocycles. The van der Waals surface area contributed by atoms with Crippen molar-refractivity contribution in [1.82, 2.24) is 0 Å². The van der Waals surface area contributed by atoms with Crippen molar-refractivity contribution in [2.75, 3.05) is 0 Å². The van der Waals surface area contributed by atoms with Crippen molar-refractivity contribution in [1.29, 1.82) is 0 Å². The molecular formula is C13H20F2. The molecule has 0 heterocycles. The molecule has 15 heavy (non-hydrogen) atoms. The SMILES string of the molecule is CC(C)(C)CC1CCCC#CC(F)(F)C1. The number of hydrogen-bond acceptors (Lipinski definition) is 0. The molecule has 2 heteroatoms. The first kappa shape index (κ1) is 12.5. The van der Waals surface area contributed by atoms with Gasteiger partial charge in [-0.3, -0.25) is 0 Å². The number of rotatable bonds is 1. The highest BCUT2D eigenvalue weighted by molar-refractivity contribution is 5.10. The van der Waals surface area contributed by atoms with E-state index in [4.69, 9.17) is 0 Å². The maximum absolute atomic E-state index is 13.3. The normalized spacial score (nSPS) is 26.1. The highest BCUT2D eigenvalue weighted by Crippen LogP contribution is 2.35. The van der Waals surface area contributed by atoms with Crippen LogP contribution in [0.25, 0.3) is 0 Å². The largest absolute Gasteiger partial charge is 0.308 e. The van der Waals surface area contributed by atoms with Crippen LogP contribution in [0.3, 0.4) is 0 Å². The van der Waals surface area contributed by atoms with E-state index in [-0.39, 0.29) is 17.8 Å². The Labute approximate surface area is 91.4 Å². The second-order valence-corrected chi connectivity index (χ2v) is 5.73. The topological polar surface area (TPSA) is 0 Å². The Morgan fingerprint density at radius 1 is 1.33 bits per heavy atom. The zero-order chi connectivity index (χ0) is 11.5. The summed E-state index contributed by atoms with van der Waals surface area (Å²) in [5, 5.41) is 0. The van der Waals surface area contributed by atoms with E-state index in [1.165, 1.54) is 0 Å². The number of halogens is 2. The van der Waals surface area contributed by atoms with Gasteiger partial charge in [0.05, 0.1) is 0 Å². The summed E-state index contributed by atoms with van der Waals surface area (Å²) in [7, 11) is 0. The molecule has 0 radical (unpaired) electrons. The Kier molecular flexibility index (Phi) is 3.76. The van der Waals surface area contributed by atoms with Gasteiger partial charge in [0.25, 0.3) is 0 Å². The maximum Gasteiger partial charge on any atom is 0.308 e. The zero-order valence-electron chi connectivity index (χ0n) is 9.87. The lowest BCUT2D eigenvalue weighted by Crippen LogP contribution is -2.23. The molecule has 86 valence electrons. The fraction of sp³-hybridized carbons (Fsp3) is 0.846. The van der Waals surface area contributed by atoms with Crippen LogP contribution in [0.5, 0.6) is 0 Å². The van der Waals surface area contributed by atoms with Gasteiger partial charge in [-0.15, -0.1) is 0 Å². The lowest BCUT2D eigenvalue weighted by Gasteiger charge is -2.28. The zero-order valence-corrected chi connectivity index (χ0v) is 9.87. The van der Waals surface area contributed by atoms with E-state index in [9.17, 15) is 8.78 Å². The van der Waals surface area contributed by atoms with Crippen molar-refractivity contribution in [2.45, 2.75) is 58.8 Å². The highest BCUT2D eigenvalue weighted by atomic mass is 19.3. The second-order valence-electron chi connectivity index (χ2n) is 5.73. The molecule has 1 aliphatic carbocycles. The molecule has 0 amide bonds. The van der Waals surface area contributed by atoms with Crippen molar-refractivity contribution < 1.29 is 8.78 Å². The van der Waals surface area contributed by atoms with Gasteiger partial charge < -0.3 is 0 Å². The molecule has 1 aliphatic rings. The summed E-state index contributed by atoms with van der Waals surface area (Å²) in [4.78, 5) is 0. The Bertz CT molecular complexity index is 262. The van der Waals surface area contributed by atoms with Gasteiger partial charge >= 0.3 is 5.92 Å². The first-order valence-electron chi connectivity index (χ1n) is 5.66. The van der Waals surface area contributed by atoms with E-state index >= 15 is 0 Å². The summed E-state index contributed by atoms with van der Waals surface area (Å²) in [5.74, 6) is 2.01. The Morgan fingerprint density at radius 2 is 2.00 bits per heavy atom. The molecule has 0 aromatic carbocycles. The van der Waals surface area contributed by atoms with Gasteiger partial charge in [-0.2, -0.15) is 8.78 Å². The quantitative estimate of drug-likeness (QED) is 0.572. The molecule has 1 rings (SSSR count). The van der Waals surface area contributed by atoms with Crippen LogP contribution >= 0.6 is 0 Å². The molecule has 1 unspecified atom stereocenters. The summed E-state index contributed by atoms with van der Waals surface area (Å²) in [6.45, 7) is 6.32. The Hall–Kier alpha value is -0.580. The molecule has 0 aromatic heterocycles. The van der Waals surface area contributed by atoms with E-state index in [0.29, 0.717) is 6.42 Å². The van der Waals surface area contributed by atoms with E-state index < -0.39 is 5.92 Å². The molecule has 0 saturated carbocycles.